The van der Waals surface area contributed by atoms with E-state index in [1.807, 2.05) is 107 Å². The van der Waals surface area contributed by atoms with Gasteiger partial charge in [-0.1, -0.05) is 82.3 Å². The van der Waals surface area contributed by atoms with Crippen molar-refractivity contribution in [2.24, 2.45) is 17.6 Å². The summed E-state index contributed by atoms with van der Waals surface area (Å²) in [7, 11) is 3.17. The second-order valence-electron chi connectivity index (χ2n) is 13.2. The van der Waals surface area contributed by atoms with E-state index in [1.165, 1.54) is 0 Å². The number of benzene rings is 3. The fraction of sp³-hybridized carbons (Fsp3) is 0.436. The summed E-state index contributed by atoms with van der Waals surface area (Å²) >= 11 is 0. The molecule has 3 aromatic carbocycles. The average molecular weight is 689 g/mol. The van der Waals surface area contributed by atoms with Crippen LogP contribution in [0.4, 0.5) is 0 Å². The molecule has 270 valence electrons. The molecule has 0 bridgehead atoms. The normalized spacial score (nSPS) is 12.9. The zero-order valence-corrected chi connectivity index (χ0v) is 29.9. The van der Waals surface area contributed by atoms with Gasteiger partial charge in [0, 0.05) is 6.42 Å². The first-order chi connectivity index (χ1) is 23.9. The van der Waals surface area contributed by atoms with Gasteiger partial charge in [0.25, 0.3) is 0 Å². The summed E-state index contributed by atoms with van der Waals surface area (Å²) < 4.78 is 16.1. The van der Waals surface area contributed by atoms with Gasteiger partial charge in [0.15, 0.2) is 0 Å². The molecule has 11 nitrogen and oxygen atoms in total. The fourth-order valence-corrected chi connectivity index (χ4v) is 5.37. The Labute approximate surface area is 295 Å². The Morgan fingerprint density at radius 2 is 1.16 bits per heavy atom. The number of rotatable bonds is 19. The van der Waals surface area contributed by atoms with Crippen molar-refractivity contribution in [1.29, 1.82) is 0 Å². The number of esters is 1. The Morgan fingerprint density at radius 1 is 0.660 bits per heavy atom. The van der Waals surface area contributed by atoms with Crippen LogP contribution < -0.4 is 31.2 Å². The summed E-state index contributed by atoms with van der Waals surface area (Å²) in [5.74, 6) is -0.385. The molecule has 0 aliphatic carbocycles. The third-order valence-corrected chi connectivity index (χ3v) is 8.09. The first-order valence-corrected chi connectivity index (χ1v) is 17.0. The van der Waals surface area contributed by atoms with Crippen LogP contribution in [0.25, 0.3) is 0 Å². The summed E-state index contributed by atoms with van der Waals surface area (Å²) in [6.45, 7) is 7.83. The molecule has 0 heterocycles. The molecule has 11 heteroatoms. The lowest BCUT2D eigenvalue weighted by Gasteiger charge is -2.25. The minimum atomic E-state index is -1.05. The Balaban J connectivity index is 1.63. The molecule has 50 heavy (non-hydrogen) atoms. The predicted octanol–water partition coefficient (Wildman–Crippen LogP) is 4.82. The second-order valence-corrected chi connectivity index (χ2v) is 13.2. The summed E-state index contributed by atoms with van der Waals surface area (Å²) in [5.41, 5.74) is 8.76. The second kappa shape index (κ2) is 19.9. The van der Waals surface area contributed by atoms with Gasteiger partial charge in [-0.2, -0.15) is 0 Å². The number of hydrogen-bond donors (Lipinski definition) is 4. The van der Waals surface area contributed by atoms with Gasteiger partial charge in [-0.25, -0.2) is 4.79 Å². The standard InChI is InChI=1S/C39H52N4O7/c1-25(2)22-33(38(46)42-34(23-26(3)4)39(47)50-24-27-10-8-7-9-11-27)41-37(45)32(40)20-21-35(44)43-36(28-12-16-30(48-5)17-13-28)29-14-18-31(49-6)19-15-29/h7-19,25-26,32-34,36H,20-24,40H2,1-6H3,(H,41,45)(H,42,46)(H,43,44)/t32-,33-,34+/m0/s1. The SMILES string of the molecule is COc1ccc(C(NC(=O)CC[C@H](N)C(=O)N[C@@H](CC(C)C)C(=O)N[C@H](CC(C)C)C(=O)OCc2ccccc2)c2ccc(OC)cc2)cc1. The molecule has 0 fully saturated rings. The van der Waals surface area contributed by atoms with Crippen molar-refractivity contribution in [3.63, 3.8) is 0 Å². The van der Waals surface area contributed by atoms with Crippen LogP contribution in [0, 0.1) is 11.8 Å². The van der Waals surface area contributed by atoms with Gasteiger partial charge in [-0.15, -0.1) is 0 Å². The maximum absolute atomic E-state index is 13.5. The zero-order chi connectivity index (χ0) is 36.6. The van der Waals surface area contributed by atoms with Crippen molar-refractivity contribution < 1.29 is 33.4 Å². The minimum Gasteiger partial charge on any atom is -0.497 e. The van der Waals surface area contributed by atoms with E-state index in [0.29, 0.717) is 24.3 Å². The molecule has 0 aliphatic rings. The molecule has 0 saturated carbocycles. The van der Waals surface area contributed by atoms with E-state index in [0.717, 1.165) is 16.7 Å². The molecule has 3 amide bonds. The Bertz CT molecular complexity index is 1460. The molecule has 5 N–H and O–H groups in total. The number of carbonyl (C=O) groups excluding carboxylic acids is 4. The summed E-state index contributed by atoms with van der Waals surface area (Å²) in [4.78, 5) is 53.0. The van der Waals surface area contributed by atoms with Crippen molar-refractivity contribution in [2.45, 2.75) is 84.2 Å². The van der Waals surface area contributed by atoms with Gasteiger partial charge in [0.2, 0.25) is 17.7 Å². The van der Waals surface area contributed by atoms with Crippen molar-refractivity contribution in [3.05, 3.63) is 95.6 Å². The van der Waals surface area contributed by atoms with Crippen molar-refractivity contribution in [2.75, 3.05) is 14.2 Å². The quantitative estimate of drug-likeness (QED) is 0.131. The van der Waals surface area contributed by atoms with E-state index >= 15 is 0 Å². The summed E-state index contributed by atoms with van der Waals surface area (Å²) in [5, 5.41) is 8.62. The summed E-state index contributed by atoms with van der Waals surface area (Å²) in [6, 6.07) is 20.7. The highest BCUT2D eigenvalue weighted by atomic mass is 16.5. The van der Waals surface area contributed by atoms with Crippen LogP contribution >= 0.6 is 0 Å². The van der Waals surface area contributed by atoms with E-state index in [4.69, 9.17) is 19.9 Å². The van der Waals surface area contributed by atoms with Crippen LogP contribution in [0.3, 0.4) is 0 Å². The van der Waals surface area contributed by atoms with Gasteiger partial charge in [-0.05, 0) is 72.1 Å². The molecule has 0 unspecified atom stereocenters. The topological polar surface area (TPSA) is 158 Å². The third-order valence-electron chi connectivity index (χ3n) is 8.09. The first-order valence-electron chi connectivity index (χ1n) is 17.0. The van der Waals surface area contributed by atoms with E-state index in [2.05, 4.69) is 16.0 Å². The lowest BCUT2D eigenvalue weighted by molar-refractivity contribution is -0.150. The van der Waals surface area contributed by atoms with Crippen LogP contribution in [0.5, 0.6) is 11.5 Å². The van der Waals surface area contributed by atoms with Crippen LogP contribution in [-0.4, -0.2) is 56.0 Å². The van der Waals surface area contributed by atoms with Crippen LogP contribution in [0.1, 0.15) is 76.1 Å². The number of amides is 3. The third kappa shape index (κ3) is 12.9. The number of methoxy groups -OCH3 is 2. The molecule has 0 spiro atoms. The van der Waals surface area contributed by atoms with Crippen LogP contribution in [0.2, 0.25) is 0 Å². The molecule has 0 aliphatic heterocycles. The maximum Gasteiger partial charge on any atom is 0.328 e. The van der Waals surface area contributed by atoms with E-state index < -0.39 is 42.0 Å². The molecule has 3 atom stereocenters. The lowest BCUT2D eigenvalue weighted by atomic mass is 9.98. The van der Waals surface area contributed by atoms with E-state index in [9.17, 15) is 19.2 Å². The Kier molecular flexibility index (Phi) is 15.8. The van der Waals surface area contributed by atoms with E-state index in [1.54, 1.807) is 14.2 Å². The molecule has 0 saturated heterocycles. The van der Waals surface area contributed by atoms with E-state index in [-0.39, 0.29) is 37.2 Å². The van der Waals surface area contributed by atoms with Crippen molar-refractivity contribution in [1.82, 2.24) is 16.0 Å². The molecule has 0 aromatic heterocycles. The number of carbonyl (C=O) groups is 4. The molecule has 3 aromatic rings. The van der Waals surface area contributed by atoms with Crippen LogP contribution in [-0.2, 0) is 30.5 Å². The highest BCUT2D eigenvalue weighted by Gasteiger charge is 2.30. The molecule has 3 rings (SSSR count). The summed E-state index contributed by atoms with van der Waals surface area (Å²) in [6.07, 6.45) is 0.712. The highest BCUT2D eigenvalue weighted by molar-refractivity contribution is 5.92. The molecule has 0 radical (unpaired) electrons. The number of hydrogen-bond acceptors (Lipinski definition) is 8. The van der Waals surface area contributed by atoms with Gasteiger partial charge < -0.3 is 35.9 Å². The smallest absolute Gasteiger partial charge is 0.328 e. The first kappa shape index (κ1) is 39.5. The number of ether oxygens (including phenoxy) is 3. The van der Waals surface area contributed by atoms with Crippen molar-refractivity contribution in [3.8, 4) is 11.5 Å². The van der Waals surface area contributed by atoms with Gasteiger partial charge in [-0.3, -0.25) is 14.4 Å². The van der Waals surface area contributed by atoms with Gasteiger partial charge >= 0.3 is 5.97 Å². The monoisotopic (exact) mass is 688 g/mol. The highest BCUT2D eigenvalue weighted by Crippen LogP contribution is 2.26. The Hall–Kier alpha value is -4.90. The van der Waals surface area contributed by atoms with Crippen LogP contribution in [0.15, 0.2) is 78.9 Å². The van der Waals surface area contributed by atoms with Gasteiger partial charge in [0.1, 0.15) is 30.2 Å². The predicted molar refractivity (Wildman–Crippen MR) is 192 cm³/mol. The molecular weight excluding hydrogens is 636 g/mol. The average Bonchev–Trinajstić information content (AvgIpc) is 3.11. The molecular formula is C39H52N4O7. The zero-order valence-electron chi connectivity index (χ0n) is 29.9. The Morgan fingerprint density at radius 3 is 1.66 bits per heavy atom. The largest absolute Gasteiger partial charge is 0.497 e. The van der Waals surface area contributed by atoms with Gasteiger partial charge in [0.05, 0.1) is 26.3 Å². The number of nitrogens with one attached hydrogen (secondary N) is 3. The maximum atomic E-state index is 13.5. The minimum absolute atomic E-state index is 0.0256. The number of nitrogens with two attached hydrogens (primary N) is 1. The lowest BCUT2D eigenvalue weighted by Crippen LogP contribution is -2.55. The fourth-order valence-electron chi connectivity index (χ4n) is 5.37. The van der Waals surface area contributed by atoms with Crippen molar-refractivity contribution >= 4 is 23.7 Å².